The van der Waals surface area contributed by atoms with E-state index in [1.807, 2.05) is 6.92 Å². The van der Waals surface area contributed by atoms with Gasteiger partial charge in [0.1, 0.15) is 5.75 Å². The Hall–Kier alpha value is -0.540. The van der Waals surface area contributed by atoms with Crippen LogP contribution in [0.3, 0.4) is 0 Å². The third-order valence-electron chi connectivity index (χ3n) is 5.41. The molecule has 2 saturated carbocycles. The summed E-state index contributed by atoms with van der Waals surface area (Å²) in [4.78, 5) is 0. The third-order valence-corrected chi connectivity index (χ3v) is 6.23. The van der Waals surface area contributed by atoms with E-state index in [9.17, 15) is 5.11 Å². The number of aryl methyl sites for hydroxylation is 1. The van der Waals surface area contributed by atoms with Crippen LogP contribution >= 0.6 is 15.9 Å². The van der Waals surface area contributed by atoms with Crippen LogP contribution < -0.4 is 4.74 Å². The van der Waals surface area contributed by atoms with Crippen molar-refractivity contribution >= 4 is 15.9 Å². The summed E-state index contributed by atoms with van der Waals surface area (Å²) in [7, 11) is 1.70. The first-order valence-electron chi connectivity index (χ1n) is 7.54. The molecule has 2 aliphatic carbocycles. The van der Waals surface area contributed by atoms with Crippen LogP contribution in [-0.2, 0) is 0 Å². The smallest absolute Gasteiger partial charge is 0.127 e. The van der Waals surface area contributed by atoms with Gasteiger partial charge in [0.2, 0.25) is 0 Å². The highest BCUT2D eigenvalue weighted by Gasteiger charge is 2.44. The molecule has 0 aromatic heterocycles. The molecule has 0 saturated heterocycles. The fourth-order valence-electron chi connectivity index (χ4n) is 4.40. The number of hydrogen-bond donors (Lipinski definition) is 1. The van der Waals surface area contributed by atoms with Crippen molar-refractivity contribution in [3.63, 3.8) is 0 Å². The Bertz CT molecular complexity index is 526. The minimum Gasteiger partial charge on any atom is -0.496 e. The second-order valence-electron chi connectivity index (χ2n) is 6.53. The predicted octanol–water partition coefficient (Wildman–Crippen LogP) is 4.54. The monoisotopic (exact) mass is 338 g/mol. The standard InChI is InChI=1S/C17H23BrO2/c1-9-6-14(18)10(2)15(17(9)20-3)16(19)13-8-11-4-5-12(13)7-11/h6,11-13,16,19H,4-5,7-8H2,1-3H3. The Balaban J connectivity index is 2.00. The molecular formula is C17H23BrO2. The Labute approximate surface area is 129 Å². The Morgan fingerprint density at radius 3 is 2.60 bits per heavy atom. The van der Waals surface area contributed by atoms with Crippen LogP contribution in [0.15, 0.2) is 10.5 Å². The summed E-state index contributed by atoms with van der Waals surface area (Å²) < 4.78 is 6.65. The fraction of sp³-hybridized carbons (Fsp3) is 0.647. The molecule has 0 heterocycles. The molecule has 1 aromatic rings. The molecule has 110 valence electrons. The SMILES string of the molecule is COc1c(C)cc(Br)c(C)c1C(O)C1CC2CCC1C2. The van der Waals surface area contributed by atoms with Crippen LogP contribution in [0.25, 0.3) is 0 Å². The largest absolute Gasteiger partial charge is 0.496 e. The average Bonchev–Trinajstić information content (AvgIpc) is 3.04. The molecule has 0 aliphatic heterocycles. The van der Waals surface area contributed by atoms with E-state index >= 15 is 0 Å². The van der Waals surface area contributed by atoms with E-state index in [0.717, 1.165) is 32.8 Å². The molecule has 1 aromatic carbocycles. The minimum atomic E-state index is -0.392. The van der Waals surface area contributed by atoms with Gasteiger partial charge in [-0.1, -0.05) is 22.4 Å². The summed E-state index contributed by atoms with van der Waals surface area (Å²) in [6.45, 7) is 4.11. The molecule has 0 amide bonds. The van der Waals surface area contributed by atoms with Crippen molar-refractivity contribution in [2.75, 3.05) is 7.11 Å². The second-order valence-corrected chi connectivity index (χ2v) is 7.39. The molecule has 2 bridgehead atoms. The first-order valence-corrected chi connectivity index (χ1v) is 8.33. The number of halogens is 1. The lowest BCUT2D eigenvalue weighted by Crippen LogP contribution is -2.21. The van der Waals surface area contributed by atoms with Gasteiger partial charge in [-0.3, -0.25) is 0 Å². The number of aliphatic hydroxyl groups excluding tert-OH is 1. The second kappa shape index (κ2) is 5.34. The van der Waals surface area contributed by atoms with E-state index < -0.39 is 6.10 Å². The lowest BCUT2D eigenvalue weighted by Gasteiger charge is -2.30. The van der Waals surface area contributed by atoms with Crippen molar-refractivity contribution in [3.8, 4) is 5.75 Å². The lowest BCUT2D eigenvalue weighted by molar-refractivity contribution is 0.0716. The maximum Gasteiger partial charge on any atom is 0.127 e. The van der Waals surface area contributed by atoms with Gasteiger partial charge in [0.25, 0.3) is 0 Å². The predicted molar refractivity (Wildman–Crippen MR) is 84.1 cm³/mol. The molecule has 20 heavy (non-hydrogen) atoms. The van der Waals surface area contributed by atoms with E-state index in [1.165, 1.54) is 25.7 Å². The number of benzene rings is 1. The molecule has 3 rings (SSSR count). The first kappa shape index (κ1) is 14.4. The van der Waals surface area contributed by atoms with Gasteiger partial charge in [0.15, 0.2) is 0 Å². The zero-order chi connectivity index (χ0) is 14.4. The number of hydrogen-bond acceptors (Lipinski definition) is 2. The maximum absolute atomic E-state index is 11.0. The number of ether oxygens (including phenoxy) is 1. The highest BCUT2D eigenvalue weighted by Crippen LogP contribution is 2.54. The van der Waals surface area contributed by atoms with Crippen molar-refractivity contribution < 1.29 is 9.84 Å². The van der Waals surface area contributed by atoms with Gasteiger partial charge in [0, 0.05) is 10.0 Å². The van der Waals surface area contributed by atoms with Crippen molar-refractivity contribution in [3.05, 3.63) is 27.2 Å². The maximum atomic E-state index is 11.0. The Morgan fingerprint density at radius 2 is 2.05 bits per heavy atom. The molecule has 1 N–H and O–H groups in total. The van der Waals surface area contributed by atoms with Crippen LogP contribution in [0.2, 0.25) is 0 Å². The number of fused-ring (bicyclic) bond motifs is 2. The van der Waals surface area contributed by atoms with E-state index in [1.54, 1.807) is 7.11 Å². The third kappa shape index (κ3) is 2.19. The van der Waals surface area contributed by atoms with E-state index in [2.05, 4.69) is 28.9 Å². The lowest BCUT2D eigenvalue weighted by atomic mass is 9.80. The normalized spacial score (nSPS) is 29.8. The highest BCUT2D eigenvalue weighted by molar-refractivity contribution is 9.10. The number of rotatable bonds is 3. The van der Waals surface area contributed by atoms with Gasteiger partial charge in [-0.15, -0.1) is 0 Å². The van der Waals surface area contributed by atoms with Crippen molar-refractivity contribution in [1.29, 1.82) is 0 Å². The summed E-state index contributed by atoms with van der Waals surface area (Å²) >= 11 is 3.61. The van der Waals surface area contributed by atoms with Gasteiger partial charge in [-0.25, -0.2) is 0 Å². The highest BCUT2D eigenvalue weighted by atomic mass is 79.9. The van der Waals surface area contributed by atoms with Gasteiger partial charge in [0.05, 0.1) is 13.2 Å². The van der Waals surface area contributed by atoms with Gasteiger partial charge >= 0.3 is 0 Å². The van der Waals surface area contributed by atoms with Gasteiger partial charge in [-0.2, -0.15) is 0 Å². The van der Waals surface area contributed by atoms with E-state index in [-0.39, 0.29) is 0 Å². The van der Waals surface area contributed by atoms with E-state index in [0.29, 0.717) is 11.8 Å². The molecule has 4 unspecified atom stereocenters. The molecule has 0 radical (unpaired) electrons. The summed E-state index contributed by atoms with van der Waals surface area (Å²) in [5.74, 6) is 2.83. The fourth-order valence-corrected chi connectivity index (χ4v) is 4.95. The average molecular weight is 339 g/mol. The molecule has 3 heteroatoms. The Kier molecular flexibility index (Phi) is 3.85. The molecule has 2 nitrogen and oxygen atoms in total. The van der Waals surface area contributed by atoms with Crippen molar-refractivity contribution in [1.82, 2.24) is 0 Å². The molecule has 4 atom stereocenters. The molecule has 0 spiro atoms. The van der Waals surface area contributed by atoms with Gasteiger partial charge in [-0.05, 0) is 68.1 Å². The van der Waals surface area contributed by atoms with Crippen LogP contribution in [0, 0.1) is 31.6 Å². The quantitative estimate of drug-likeness (QED) is 0.876. The summed E-state index contributed by atoms with van der Waals surface area (Å²) in [6, 6.07) is 2.07. The number of methoxy groups -OCH3 is 1. The zero-order valence-corrected chi connectivity index (χ0v) is 14.0. The van der Waals surface area contributed by atoms with Crippen molar-refractivity contribution in [2.45, 2.75) is 45.6 Å². The number of aliphatic hydroxyl groups is 1. The summed E-state index contributed by atoms with van der Waals surface area (Å²) in [6.07, 6.45) is 4.76. The van der Waals surface area contributed by atoms with E-state index in [4.69, 9.17) is 4.74 Å². The van der Waals surface area contributed by atoms with Crippen molar-refractivity contribution in [2.24, 2.45) is 17.8 Å². The Morgan fingerprint density at radius 1 is 1.30 bits per heavy atom. The first-order chi connectivity index (χ1) is 9.52. The minimum absolute atomic E-state index is 0.392. The van der Waals surface area contributed by atoms with Crippen LogP contribution in [-0.4, -0.2) is 12.2 Å². The summed E-state index contributed by atoms with van der Waals surface area (Å²) in [5.41, 5.74) is 3.20. The van der Waals surface area contributed by atoms with Crippen LogP contribution in [0.1, 0.15) is 48.5 Å². The topological polar surface area (TPSA) is 29.5 Å². The molecule has 2 fully saturated rings. The zero-order valence-electron chi connectivity index (χ0n) is 12.4. The van der Waals surface area contributed by atoms with Crippen LogP contribution in [0.5, 0.6) is 5.75 Å². The van der Waals surface area contributed by atoms with Gasteiger partial charge < -0.3 is 9.84 Å². The molecule has 2 aliphatic rings. The van der Waals surface area contributed by atoms with Crippen LogP contribution in [0.4, 0.5) is 0 Å². The summed E-state index contributed by atoms with van der Waals surface area (Å²) in [5, 5.41) is 11.0. The molecular weight excluding hydrogens is 316 g/mol.